The molecule has 0 aliphatic rings. The Labute approximate surface area is 227 Å². The molecule has 0 heterocycles. The van der Waals surface area contributed by atoms with Crippen molar-refractivity contribution in [3.05, 3.63) is 70.8 Å². The molecule has 0 radical (unpaired) electrons. The van der Waals surface area contributed by atoms with Gasteiger partial charge in [-0.3, -0.25) is 0 Å². The van der Waals surface area contributed by atoms with Crippen molar-refractivity contribution >= 4 is 0 Å². The van der Waals surface area contributed by atoms with Gasteiger partial charge in [-0.25, -0.2) is 0 Å². The lowest BCUT2D eigenvalue weighted by molar-refractivity contribution is -0.0328. The Morgan fingerprint density at radius 3 is 0.703 bits per heavy atom. The van der Waals surface area contributed by atoms with Gasteiger partial charge < -0.3 is 20.4 Å². The lowest BCUT2D eigenvalue weighted by Gasteiger charge is -2.24. The summed E-state index contributed by atoms with van der Waals surface area (Å²) in [5, 5.41) is 34.0. The zero-order chi connectivity index (χ0) is 29.3. The number of rotatable bonds is 4. The minimum absolute atomic E-state index is 0.251. The minimum atomic E-state index is -1.11. The summed E-state index contributed by atoms with van der Waals surface area (Å²) in [6.45, 7) is 25.5. The zero-order valence-corrected chi connectivity index (χ0v) is 25.7. The van der Waals surface area contributed by atoms with Crippen LogP contribution in [0.5, 0.6) is 0 Å². The lowest BCUT2D eigenvalue weighted by atomic mass is 9.81. The van der Waals surface area contributed by atoms with Crippen molar-refractivity contribution in [2.24, 2.45) is 5.41 Å². The average molecular weight is 517 g/mol. The standard InChI is InChI=1S/2C14H22.C5H12O4/c2*1-13(2,3)11-8-7-9-12(10-11)14(4,5)6;6-1-5(2-7,3-8)4-9/h2*7-10H,1-6H3;6-9H,1-4H2. The molecule has 0 aromatic heterocycles. The maximum absolute atomic E-state index is 8.50. The second-order valence-corrected chi connectivity index (χ2v) is 14.3. The molecule has 0 amide bonds. The topological polar surface area (TPSA) is 80.9 Å². The van der Waals surface area contributed by atoms with Gasteiger partial charge in [-0.15, -0.1) is 0 Å². The molecule has 0 aliphatic heterocycles. The number of benzene rings is 2. The molecular weight excluding hydrogens is 460 g/mol. The van der Waals surface area contributed by atoms with E-state index in [1.165, 1.54) is 22.3 Å². The van der Waals surface area contributed by atoms with E-state index in [0.29, 0.717) is 0 Å². The maximum atomic E-state index is 8.50. The van der Waals surface area contributed by atoms with Crippen LogP contribution in [0.1, 0.15) is 105 Å². The van der Waals surface area contributed by atoms with Gasteiger partial charge in [0.05, 0.1) is 31.8 Å². The van der Waals surface area contributed by atoms with Gasteiger partial charge in [-0.2, -0.15) is 0 Å². The van der Waals surface area contributed by atoms with Crippen LogP contribution in [0.4, 0.5) is 0 Å². The highest BCUT2D eigenvalue weighted by Gasteiger charge is 2.26. The van der Waals surface area contributed by atoms with E-state index in [1.54, 1.807) is 0 Å². The number of aliphatic hydroxyl groups excluding tert-OH is 4. The summed E-state index contributed by atoms with van der Waals surface area (Å²) in [7, 11) is 0. The molecule has 0 atom stereocenters. The molecule has 2 rings (SSSR count). The number of hydrogen-bond acceptors (Lipinski definition) is 4. The largest absolute Gasteiger partial charge is 0.396 e. The van der Waals surface area contributed by atoms with Crippen LogP contribution < -0.4 is 0 Å². The fourth-order valence-corrected chi connectivity index (χ4v) is 3.20. The minimum Gasteiger partial charge on any atom is -0.396 e. The highest BCUT2D eigenvalue weighted by Crippen LogP contribution is 2.29. The number of aliphatic hydroxyl groups is 4. The summed E-state index contributed by atoms with van der Waals surface area (Å²) in [6.07, 6.45) is 0. The van der Waals surface area contributed by atoms with Crippen LogP contribution in [0, 0.1) is 5.41 Å². The highest BCUT2D eigenvalue weighted by atomic mass is 16.3. The van der Waals surface area contributed by atoms with Gasteiger partial charge in [-0.1, -0.05) is 132 Å². The van der Waals surface area contributed by atoms with Gasteiger partial charge in [0.1, 0.15) is 0 Å². The van der Waals surface area contributed by atoms with Gasteiger partial charge in [0.15, 0.2) is 0 Å². The van der Waals surface area contributed by atoms with Crippen LogP contribution in [0.3, 0.4) is 0 Å². The Bertz CT molecular complexity index is 771. The molecule has 0 spiro atoms. The van der Waals surface area contributed by atoms with Crippen LogP contribution in [0.15, 0.2) is 48.5 Å². The summed E-state index contributed by atoms with van der Waals surface area (Å²) in [5.74, 6) is 0. The normalized spacial score (nSPS) is 12.8. The van der Waals surface area contributed by atoms with Crippen molar-refractivity contribution in [2.75, 3.05) is 26.4 Å². The molecule has 37 heavy (non-hydrogen) atoms. The fraction of sp³-hybridized carbons (Fsp3) is 0.636. The maximum Gasteiger partial charge on any atom is 0.0627 e. The van der Waals surface area contributed by atoms with Gasteiger partial charge in [0.2, 0.25) is 0 Å². The molecule has 4 heteroatoms. The predicted octanol–water partition coefficient (Wildman–Crippen LogP) is 6.51. The summed E-state index contributed by atoms with van der Waals surface area (Å²) >= 11 is 0. The second-order valence-electron chi connectivity index (χ2n) is 14.3. The third-order valence-electron chi connectivity index (χ3n) is 6.53. The van der Waals surface area contributed by atoms with Crippen molar-refractivity contribution < 1.29 is 20.4 Å². The van der Waals surface area contributed by atoms with Crippen LogP contribution in [0.25, 0.3) is 0 Å². The van der Waals surface area contributed by atoms with E-state index >= 15 is 0 Å². The van der Waals surface area contributed by atoms with Crippen molar-refractivity contribution in [1.82, 2.24) is 0 Å². The van der Waals surface area contributed by atoms with Gasteiger partial charge >= 0.3 is 0 Å². The summed E-state index contributed by atoms with van der Waals surface area (Å²) in [4.78, 5) is 0. The van der Waals surface area contributed by atoms with Crippen molar-refractivity contribution in [1.29, 1.82) is 0 Å². The summed E-state index contributed by atoms with van der Waals surface area (Å²) < 4.78 is 0. The highest BCUT2D eigenvalue weighted by molar-refractivity contribution is 5.33. The Morgan fingerprint density at radius 1 is 0.405 bits per heavy atom. The van der Waals surface area contributed by atoms with E-state index < -0.39 is 31.8 Å². The van der Waals surface area contributed by atoms with E-state index in [0.717, 1.165) is 0 Å². The smallest absolute Gasteiger partial charge is 0.0627 e. The fourth-order valence-electron chi connectivity index (χ4n) is 3.20. The molecule has 0 saturated heterocycles. The van der Waals surface area contributed by atoms with Gasteiger partial charge in [0, 0.05) is 0 Å². The van der Waals surface area contributed by atoms with E-state index in [4.69, 9.17) is 20.4 Å². The first-order valence-electron chi connectivity index (χ1n) is 13.3. The Balaban J connectivity index is 0.000000541. The molecule has 0 aliphatic carbocycles. The Hall–Kier alpha value is -1.72. The first-order chi connectivity index (χ1) is 16.7. The lowest BCUT2D eigenvalue weighted by Crippen LogP contribution is -2.37. The van der Waals surface area contributed by atoms with Crippen LogP contribution in [0.2, 0.25) is 0 Å². The average Bonchev–Trinajstić information content (AvgIpc) is 2.80. The van der Waals surface area contributed by atoms with E-state index in [1.807, 2.05) is 0 Å². The summed E-state index contributed by atoms with van der Waals surface area (Å²) in [5.41, 5.74) is 5.58. The van der Waals surface area contributed by atoms with E-state index in [9.17, 15) is 0 Å². The molecule has 4 N–H and O–H groups in total. The van der Waals surface area contributed by atoms with Crippen molar-refractivity contribution in [2.45, 2.75) is 105 Å². The summed E-state index contributed by atoms with van der Waals surface area (Å²) in [6, 6.07) is 17.9. The third-order valence-corrected chi connectivity index (χ3v) is 6.53. The van der Waals surface area contributed by atoms with Crippen LogP contribution >= 0.6 is 0 Å². The monoisotopic (exact) mass is 516 g/mol. The molecule has 0 fully saturated rings. The Kier molecular flexibility index (Phi) is 13.2. The van der Waals surface area contributed by atoms with E-state index in [2.05, 4.69) is 132 Å². The van der Waals surface area contributed by atoms with Crippen LogP contribution in [-0.4, -0.2) is 46.9 Å². The SMILES string of the molecule is CC(C)(C)c1cccc(C(C)(C)C)c1.CC(C)(C)c1cccc(C(C)(C)C)c1.OCC(CO)(CO)CO. The van der Waals surface area contributed by atoms with Crippen molar-refractivity contribution in [3.8, 4) is 0 Å². The molecule has 0 bridgehead atoms. The predicted molar refractivity (Wildman–Crippen MR) is 158 cm³/mol. The molecule has 2 aromatic carbocycles. The van der Waals surface area contributed by atoms with Crippen LogP contribution in [-0.2, 0) is 21.7 Å². The molecule has 0 unspecified atom stereocenters. The molecular formula is C33H56O4. The van der Waals surface area contributed by atoms with E-state index in [-0.39, 0.29) is 21.7 Å². The Morgan fingerprint density at radius 2 is 0.595 bits per heavy atom. The molecule has 2 aromatic rings. The van der Waals surface area contributed by atoms with Crippen molar-refractivity contribution in [3.63, 3.8) is 0 Å². The third kappa shape index (κ3) is 12.1. The quantitative estimate of drug-likeness (QED) is 0.374. The first-order valence-corrected chi connectivity index (χ1v) is 13.3. The number of hydrogen-bond donors (Lipinski definition) is 4. The first kappa shape index (κ1) is 35.3. The molecule has 4 nitrogen and oxygen atoms in total. The van der Waals surface area contributed by atoms with Gasteiger partial charge in [0.25, 0.3) is 0 Å². The van der Waals surface area contributed by atoms with Gasteiger partial charge in [-0.05, 0) is 43.9 Å². The second kappa shape index (κ2) is 13.9. The zero-order valence-electron chi connectivity index (χ0n) is 25.7. The molecule has 212 valence electrons. The molecule has 0 saturated carbocycles.